The maximum atomic E-state index is 11.5. The molecule has 2 amide bonds. The average Bonchev–Trinajstić information content (AvgIpc) is 2.78. The molecule has 0 saturated heterocycles. The van der Waals surface area contributed by atoms with Gasteiger partial charge in [-0.1, -0.05) is 0 Å². The van der Waals surface area contributed by atoms with E-state index in [9.17, 15) is 9.59 Å². The van der Waals surface area contributed by atoms with E-state index in [1.54, 1.807) is 7.05 Å². The summed E-state index contributed by atoms with van der Waals surface area (Å²) >= 11 is 0. The van der Waals surface area contributed by atoms with E-state index in [1.165, 1.54) is 11.2 Å². The summed E-state index contributed by atoms with van der Waals surface area (Å²) in [5.74, 6) is -0.232. The monoisotopic (exact) mass is 241 g/mol. The highest BCUT2D eigenvalue weighted by Crippen LogP contribution is 1.90. The maximum Gasteiger partial charge on any atom is 0.317 e. The van der Waals surface area contributed by atoms with E-state index in [-0.39, 0.29) is 19.0 Å². The molecule has 0 radical (unpaired) electrons. The zero-order valence-corrected chi connectivity index (χ0v) is 9.51. The Kier molecular flexibility index (Phi) is 4.92. The van der Waals surface area contributed by atoms with Crippen LogP contribution in [0.15, 0.2) is 6.33 Å². The first-order chi connectivity index (χ1) is 8.09. The summed E-state index contributed by atoms with van der Waals surface area (Å²) in [6.07, 6.45) is 1.89. The summed E-state index contributed by atoms with van der Waals surface area (Å²) in [6, 6.07) is -0.300. The summed E-state index contributed by atoms with van der Waals surface area (Å²) < 4.78 is 0. The average molecular weight is 241 g/mol. The van der Waals surface area contributed by atoms with Gasteiger partial charge in [-0.25, -0.2) is 9.78 Å². The van der Waals surface area contributed by atoms with Gasteiger partial charge < -0.3 is 15.3 Å². The van der Waals surface area contributed by atoms with E-state index in [2.05, 4.69) is 20.5 Å². The van der Waals surface area contributed by atoms with Crippen molar-refractivity contribution in [1.29, 1.82) is 0 Å². The number of aromatic nitrogens is 3. The number of aromatic amines is 1. The lowest BCUT2D eigenvalue weighted by Gasteiger charge is -2.16. The molecular weight excluding hydrogens is 226 g/mol. The molecule has 17 heavy (non-hydrogen) atoms. The lowest BCUT2D eigenvalue weighted by molar-refractivity contribution is -0.137. The molecule has 8 nitrogen and oxygen atoms in total. The van der Waals surface area contributed by atoms with Crippen molar-refractivity contribution in [3.05, 3.63) is 12.2 Å². The van der Waals surface area contributed by atoms with E-state index in [0.717, 1.165) is 0 Å². The quantitative estimate of drug-likeness (QED) is 0.619. The number of rotatable bonds is 6. The number of amides is 2. The lowest BCUT2D eigenvalue weighted by Crippen LogP contribution is -2.39. The lowest BCUT2D eigenvalue weighted by atomic mass is 10.4. The molecule has 1 heterocycles. The Morgan fingerprint density at radius 2 is 2.35 bits per heavy atom. The zero-order valence-electron chi connectivity index (χ0n) is 9.51. The molecule has 1 aromatic rings. The Balaban J connectivity index is 2.17. The number of nitrogens with zero attached hydrogens (tertiary/aromatic N) is 3. The van der Waals surface area contributed by atoms with E-state index >= 15 is 0 Å². The van der Waals surface area contributed by atoms with Crippen LogP contribution in [0.2, 0.25) is 0 Å². The highest BCUT2D eigenvalue weighted by atomic mass is 16.4. The van der Waals surface area contributed by atoms with Crippen molar-refractivity contribution in [2.24, 2.45) is 0 Å². The first-order valence-electron chi connectivity index (χ1n) is 5.14. The van der Waals surface area contributed by atoms with Crippen LogP contribution in [0.1, 0.15) is 12.2 Å². The van der Waals surface area contributed by atoms with Crippen LogP contribution >= 0.6 is 0 Å². The minimum Gasteiger partial charge on any atom is -0.481 e. The summed E-state index contributed by atoms with van der Waals surface area (Å²) in [4.78, 5) is 27.0. The number of carboxylic acids is 1. The SMILES string of the molecule is CN(CCC(=O)O)C(=O)NCCc1ncn[nH]1. The summed E-state index contributed by atoms with van der Waals surface area (Å²) in [5, 5.41) is 17.5. The molecule has 3 N–H and O–H groups in total. The summed E-state index contributed by atoms with van der Waals surface area (Å²) in [7, 11) is 1.55. The van der Waals surface area contributed by atoms with Gasteiger partial charge in [-0.2, -0.15) is 5.10 Å². The van der Waals surface area contributed by atoms with E-state index < -0.39 is 5.97 Å². The highest BCUT2D eigenvalue weighted by Gasteiger charge is 2.09. The molecular formula is C9H15N5O3. The van der Waals surface area contributed by atoms with Crippen molar-refractivity contribution in [2.75, 3.05) is 20.1 Å². The van der Waals surface area contributed by atoms with Crippen LogP contribution in [0.25, 0.3) is 0 Å². The Hall–Kier alpha value is -2.12. The molecule has 0 aliphatic carbocycles. The Labute approximate surface area is 98.0 Å². The molecule has 0 atom stereocenters. The van der Waals surface area contributed by atoms with Gasteiger partial charge in [0.25, 0.3) is 0 Å². The number of carbonyl (C=O) groups is 2. The summed E-state index contributed by atoms with van der Waals surface area (Å²) in [5.41, 5.74) is 0. The smallest absolute Gasteiger partial charge is 0.317 e. The number of urea groups is 1. The van der Waals surface area contributed by atoms with E-state index in [4.69, 9.17) is 5.11 Å². The fraction of sp³-hybridized carbons (Fsp3) is 0.556. The molecule has 1 rings (SSSR count). The largest absolute Gasteiger partial charge is 0.481 e. The third kappa shape index (κ3) is 4.96. The Morgan fingerprint density at radius 3 is 2.94 bits per heavy atom. The molecule has 0 spiro atoms. The minimum atomic E-state index is -0.925. The Morgan fingerprint density at radius 1 is 1.59 bits per heavy atom. The standard InChI is InChI=1S/C9H15N5O3/c1-14(5-3-8(15)16)9(17)10-4-2-7-11-6-12-13-7/h6H,2-5H2,1H3,(H,10,17)(H,15,16)(H,11,12,13). The highest BCUT2D eigenvalue weighted by molar-refractivity contribution is 5.74. The van der Waals surface area contributed by atoms with Gasteiger partial charge in [0.1, 0.15) is 12.2 Å². The molecule has 8 heteroatoms. The van der Waals surface area contributed by atoms with Crippen LogP contribution in [-0.2, 0) is 11.2 Å². The number of H-pyrrole nitrogens is 1. The predicted molar refractivity (Wildman–Crippen MR) is 58.4 cm³/mol. The van der Waals surface area contributed by atoms with Crippen molar-refractivity contribution in [2.45, 2.75) is 12.8 Å². The van der Waals surface area contributed by atoms with Crippen molar-refractivity contribution < 1.29 is 14.7 Å². The van der Waals surface area contributed by atoms with Crippen molar-refractivity contribution in [3.63, 3.8) is 0 Å². The molecule has 0 aromatic carbocycles. The number of carbonyl (C=O) groups excluding carboxylic acids is 1. The minimum absolute atomic E-state index is 0.0635. The predicted octanol–water partition coefficient (Wildman–Crippen LogP) is -0.537. The summed E-state index contributed by atoms with van der Waals surface area (Å²) in [6.45, 7) is 0.606. The van der Waals surface area contributed by atoms with Crippen LogP contribution in [0.4, 0.5) is 4.79 Å². The fourth-order valence-corrected chi connectivity index (χ4v) is 1.14. The van der Waals surface area contributed by atoms with Crippen molar-refractivity contribution >= 4 is 12.0 Å². The van der Waals surface area contributed by atoms with Crippen molar-refractivity contribution in [1.82, 2.24) is 25.4 Å². The van der Waals surface area contributed by atoms with Gasteiger partial charge in [0.2, 0.25) is 0 Å². The molecule has 0 fully saturated rings. The maximum absolute atomic E-state index is 11.5. The van der Waals surface area contributed by atoms with Crippen molar-refractivity contribution in [3.8, 4) is 0 Å². The van der Waals surface area contributed by atoms with Crippen LogP contribution < -0.4 is 5.32 Å². The second-order valence-corrected chi connectivity index (χ2v) is 3.48. The third-order valence-corrected chi connectivity index (χ3v) is 2.11. The van der Waals surface area contributed by atoms with Gasteiger partial charge in [0, 0.05) is 26.6 Å². The van der Waals surface area contributed by atoms with E-state index in [0.29, 0.717) is 18.8 Å². The second kappa shape index (κ2) is 6.46. The molecule has 0 bridgehead atoms. The topological polar surface area (TPSA) is 111 Å². The number of hydrogen-bond donors (Lipinski definition) is 3. The molecule has 94 valence electrons. The van der Waals surface area contributed by atoms with Gasteiger partial charge in [0.05, 0.1) is 6.42 Å². The Bertz CT molecular complexity index is 365. The van der Waals surface area contributed by atoms with Gasteiger partial charge in [-0.15, -0.1) is 0 Å². The van der Waals surface area contributed by atoms with Crippen LogP contribution in [-0.4, -0.2) is 57.3 Å². The number of nitrogens with one attached hydrogen (secondary N) is 2. The molecule has 0 aliphatic rings. The number of carboxylic acid groups (broad SMARTS) is 1. The number of aliphatic carboxylic acids is 1. The normalized spacial score (nSPS) is 9.94. The molecule has 0 saturated carbocycles. The van der Waals surface area contributed by atoms with Crippen LogP contribution in [0, 0.1) is 0 Å². The molecule has 0 unspecified atom stereocenters. The van der Waals surface area contributed by atoms with E-state index in [1.807, 2.05) is 0 Å². The fourth-order valence-electron chi connectivity index (χ4n) is 1.14. The molecule has 0 aliphatic heterocycles. The van der Waals surface area contributed by atoms with Crippen LogP contribution in [0.3, 0.4) is 0 Å². The first-order valence-corrected chi connectivity index (χ1v) is 5.14. The van der Waals surface area contributed by atoms with Gasteiger partial charge in [0.15, 0.2) is 0 Å². The second-order valence-electron chi connectivity index (χ2n) is 3.48. The van der Waals surface area contributed by atoms with Crippen LogP contribution in [0.5, 0.6) is 0 Å². The zero-order chi connectivity index (χ0) is 12.7. The first kappa shape index (κ1) is 12.9. The van der Waals surface area contributed by atoms with Gasteiger partial charge in [-0.3, -0.25) is 9.89 Å². The number of hydrogen-bond acceptors (Lipinski definition) is 4. The molecule has 1 aromatic heterocycles. The third-order valence-electron chi connectivity index (χ3n) is 2.11. The van der Waals surface area contributed by atoms with Gasteiger partial charge in [-0.05, 0) is 0 Å². The van der Waals surface area contributed by atoms with Gasteiger partial charge >= 0.3 is 12.0 Å².